The van der Waals surface area contributed by atoms with Gasteiger partial charge in [0.15, 0.2) is 0 Å². The number of hydrogen-bond acceptors (Lipinski definition) is 2. The maximum absolute atomic E-state index is 5.75. The first kappa shape index (κ1) is 19.6. The molecule has 2 aliphatic rings. The molecule has 4 heteroatoms. The van der Waals surface area contributed by atoms with Crippen molar-refractivity contribution in [1.82, 2.24) is 4.90 Å². The highest BCUT2D eigenvalue weighted by Gasteiger charge is 2.55. The number of piperidine rings is 1. The van der Waals surface area contributed by atoms with E-state index < -0.39 is 0 Å². The molecule has 1 saturated carbocycles. The Morgan fingerprint density at radius 2 is 1.77 bits per heavy atom. The summed E-state index contributed by atoms with van der Waals surface area (Å²) in [4.78, 5) is 2.69. The van der Waals surface area contributed by atoms with Gasteiger partial charge in [-0.05, 0) is 53.7 Å². The fraction of sp³-hybridized carbons (Fsp3) is 0.667. The molecule has 2 atom stereocenters. The number of anilines is 1. The number of nitrogens with zero attached hydrogens (tertiary/aromatic N) is 1. The van der Waals surface area contributed by atoms with Crippen LogP contribution in [0.2, 0.25) is 0 Å². The Hall–Kier alpha value is -0.440. The molecule has 2 fully saturated rings. The lowest BCUT2D eigenvalue weighted by Gasteiger charge is -2.50. The van der Waals surface area contributed by atoms with Crippen molar-refractivity contribution in [3.63, 3.8) is 0 Å². The van der Waals surface area contributed by atoms with Crippen LogP contribution < -0.4 is 5.73 Å². The summed E-state index contributed by atoms with van der Waals surface area (Å²) in [7, 11) is 0. The largest absolute Gasteiger partial charge is 0.399 e. The van der Waals surface area contributed by atoms with E-state index in [1.807, 2.05) is 12.1 Å². The van der Waals surface area contributed by atoms with Gasteiger partial charge in [0.05, 0.1) is 0 Å². The Kier molecular flexibility index (Phi) is 6.22. The second kappa shape index (κ2) is 6.98. The van der Waals surface area contributed by atoms with E-state index in [-0.39, 0.29) is 24.8 Å². The van der Waals surface area contributed by atoms with Crippen LogP contribution in [-0.4, -0.2) is 24.5 Å². The number of fused-ring (bicyclic) bond motifs is 2. The molecule has 3 rings (SSSR count). The average Bonchev–Trinajstić information content (AvgIpc) is 2.55. The number of hydrogen-bond donors (Lipinski definition) is 1. The van der Waals surface area contributed by atoms with Crippen molar-refractivity contribution in [1.29, 1.82) is 0 Å². The Morgan fingerprint density at radius 1 is 1.14 bits per heavy atom. The molecule has 0 amide bonds. The van der Waals surface area contributed by atoms with Gasteiger partial charge in [0.25, 0.3) is 0 Å². The molecule has 0 spiro atoms. The van der Waals surface area contributed by atoms with E-state index in [0.29, 0.717) is 10.8 Å². The van der Waals surface area contributed by atoms with Crippen LogP contribution in [0, 0.1) is 16.7 Å². The van der Waals surface area contributed by atoms with E-state index >= 15 is 0 Å². The van der Waals surface area contributed by atoms with Gasteiger partial charge in [0.1, 0.15) is 0 Å². The van der Waals surface area contributed by atoms with Crippen molar-refractivity contribution < 1.29 is 0 Å². The zero-order valence-electron chi connectivity index (χ0n) is 14.0. The maximum atomic E-state index is 5.75. The first-order valence-corrected chi connectivity index (χ1v) is 7.97. The van der Waals surface area contributed by atoms with Gasteiger partial charge in [0.2, 0.25) is 0 Å². The van der Waals surface area contributed by atoms with Crippen molar-refractivity contribution in [2.45, 2.75) is 40.0 Å². The summed E-state index contributed by atoms with van der Waals surface area (Å²) in [5.41, 5.74) is 9.04. The van der Waals surface area contributed by atoms with Crippen LogP contribution in [0.25, 0.3) is 0 Å². The molecule has 0 radical (unpaired) electrons. The molecular weight excluding hydrogens is 315 g/mol. The second-order valence-electron chi connectivity index (χ2n) is 7.74. The Labute approximate surface area is 147 Å². The van der Waals surface area contributed by atoms with E-state index in [2.05, 4.69) is 37.8 Å². The predicted molar refractivity (Wildman–Crippen MR) is 100 cm³/mol. The van der Waals surface area contributed by atoms with E-state index in [0.717, 1.165) is 18.0 Å². The molecule has 1 aliphatic heterocycles. The zero-order valence-corrected chi connectivity index (χ0v) is 15.6. The normalized spacial score (nSPS) is 29.5. The van der Waals surface area contributed by atoms with Crippen LogP contribution in [0.15, 0.2) is 24.3 Å². The van der Waals surface area contributed by atoms with Crippen LogP contribution in [0.3, 0.4) is 0 Å². The Bertz CT molecular complexity index is 486. The van der Waals surface area contributed by atoms with Crippen LogP contribution in [0.4, 0.5) is 5.69 Å². The highest BCUT2D eigenvalue weighted by Crippen LogP contribution is 2.58. The highest BCUT2D eigenvalue weighted by molar-refractivity contribution is 5.85. The number of nitrogen functional groups attached to an aromatic ring is 1. The number of benzene rings is 1. The fourth-order valence-electron chi connectivity index (χ4n) is 4.28. The smallest absolute Gasteiger partial charge is 0.0314 e. The molecule has 1 aliphatic carbocycles. The molecule has 2 unspecified atom stereocenters. The lowest BCUT2D eigenvalue weighted by Crippen LogP contribution is -2.52. The summed E-state index contributed by atoms with van der Waals surface area (Å²) in [5.74, 6) is 0.882. The topological polar surface area (TPSA) is 29.3 Å². The molecule has 1 saturated heterocycles. The third kappa shape index (κ3) is 3.39. The summed E-state index contributed by atoms with van der Waals surface area (Å²) < 4.78 is 0. The molecule has 1 heterocycles. The van der Waals surface area contributed by atoms with E-state index in [9.17, 15) is 0 Å². The van der Waals surface area contributed by atoms with E-state index in [1.54, 1.807) is 0 Å². The third-order valence-corrected chi connectivity index (χ3v) is 6.37. The summed E-state index contributed by atoms with van der Waals surface area (Å²) in [6.45, 7) is 11.2. The summed E-state index contributed by atoms with van der Waals surface area (Å²) >= 11 is 0. The number of nitrogens with two attached hydrogens (primary N) is 1. The minimum Gasteiger partial charge on any atom is -0.399 e. The predicted octanol–water partition coefficient (Wildman–Crippen LogP) is 4.41. The minimum atomic E-state index is 0. The number of likely N-dealkylation sites (tertiary alicyclic amines) is 1. The summed E-state index contributed by atoms with van der Waals surface area (Å²) in [5, 5.41) is 0. The molecule has 1 aromatic rings. The lowest BCUT2D eigenvalue weighted by atomic mass is 9.63. The van der Waals surface area contributed by atoms with Gasteiger partial charge in [0, 0.05) is 25.3 Å². The van der Waals surface area contributed by atoms with Crippen molar-refractivity contribution in [2.24, 2.45) is 16.7 Å². The fourth-order valence-corrected chi connectivity index (χ4v) is 4.28. The molecular formula is C18H30Cl2N2. The average molecular weight is 345 g/mol. The quantitative estimate of drug-likeness (QED) is 0.822. The monoisotopic (exact) mass is 344 g/mol. The third-order valence-electron chi connectivity index (χ3n) is 6.37. The van der Waals surface area contributed by atoms with Crippen molar-refractivity contribution in [3.05, 3.63) is 29.8 Å². The number of rotatable bonds is 3. The summed E-state index contributed by atoms with van der Waals surface area (Å²) in [6.07, 6.45) is 3.97. The number of halogens is 2. The van der Waals surface area contributed by atoms with Crippen LogP contribution in [-0.2, 0) is 6.42 Å². The first-order valence-electron chi connectivity index (χ1n) is 7.97. The molecule has 2 nitrogen and oxygen atoms in total. The van der Waals surface area contributed by atoms with Gasteiger partial charge < -0.3 is 10.6 Å². The van der Waals surface area contributed by atoms with Gasteiger partial charge in [-0.1, -0.05) is 32.9 Å². The molecule has 2 bridgehead atoms. The molecule has 1 aromatic carbocycles. The second-order valence-corrected chi connectivity index (χ2v) is 7.74. The molecule has 0 aromatic heterocycles. The standard InChI is InChI=1S/C18H28N2.2ClH/c1-17(2)15-8-10-18(17,3)13-20(12-15)11-9-14-4-6-16(19)7-5-14;;/h4-7,15H,8-13,19H2,1-3H3;2*1H. The highest BCUT2D eigenvalue weighted by atomic mass is 35.5. The SMILES string of the molecule is CC12CCC(CN(CCc3ccc(N)cc3)C1)C2(C)C.Cl.Cl. The van der Waals surface area contributed by atoms with Gasteiger partial charge >= 0.3 is 0 Å². The van der Waals surface area contributed by atoms with Gasteiger partial charge in [-0.25, -0.2) is 0 Å². The van der Waals surface area contributed by atoms with Crippen LogP contribution in [0.5, 0.6) is 0 Å². The van der Waals surface area contributed by atoms with Crippen LogP contribution in [0.1, 0.15) is 39.2 Å². The maximum Gasteiger partial charge on any atom is 0.0314 e. The van der Waals surface area contributed by atoms with Gasteiger partial charge in [-0.15, -0.1) is 24.8 Å². The summed E-state index contributed by atoms with van der Waals surface area (Å²) in [6, 6.07) is 8.36. The molecule has 126 valence electrons. The Morgan fingerprint density at radius 3 is 2.36 bits per heavy atom. The lowest BCUT2D eigenvalue weighted by molar-refractivity contribution is -0.0169. The van der Waals surface area contributed by atoms with Crippen LogP contribution >= 0.6 is 24.8 Å². The van der Waals surface area contributed by atoms with Gasteiger partial charge in [-0.3, -0.25) is 0 Å². The molecule has 22 heavy (non-hydrogen) atoms. The van der Waals surface area contributed by atoms with Crippen molar-refractivity contribution >= 4 is 30.5 Å². The minimum absolute atomic E-state index is 0. The zero-order chi connectivity index (χ0) is 14.4. The van der Waals surface area contributed by atoms with Crippen molar-refractivity contribution in [2.75, 3.05) is 25.4 Å². The van der Waals surface area contributed by atoms with E-state index in [1.165, 1.54) is 38.0 Å². The molecule has 2 N–H and O–H groups in total. The van der Waals surface area contributed by atoms with Crippen molar-refractivity contribution in [3.8, 4) is 0 Å². The van der Waals surface area contributed by atoms with E-state index in [4.69, 9.17) is 5.73 Å². The van der Waals surface area contributed by atoms with Gasteiger partial charge in [-0.2, -0.15) is 0 Å². The first-order chi connectivity index (χ1) is 9.41. The Balaban J connectivity index is 0.00000121.